The summed E-state index contributed by atoms with van der Waals surface area (Å²) in [5.74, 6) is -0.599. The maximum atomic E-state index is 10.9. The lowest BCUT2D eigenvalue weighted by molar-refractivity contribution is -0.257. The number of carboxylic acid groups (broad SMARTS) is 1. The molecule has 17 heavy (non-hydrogen) atoms. The zero-order valence-electron chi connectivity index (χ0n) is 9.49. The number of furan rings is 1. The van der Waals surface area contributed by atoms with Crippen LogP contribution in [0.1, 0.15) is 31.8 Å². The van der Waals surface area contributed by atoms with E-state index in [1.807, 2.05) is 6.92 Å². The van der Waals surface area contributed by atoms with Crippen LogP contribution in [0, 0.1) is 13.8 Å². The van der Waals surface area contributed by atoms with Crippen LogP contribution < -0.4 is 5.11 Å². The van der Waals surface area contributed by atoms with E-state index in [1.54, 1.807) is 18.3 Å². The van der Waals surface area contributed by atoms with Gasteiger partial charge < -0.3 is 14.3 Å². The monoisotopic (exact) mass is 248 g/mol. The fourth-order valence-electron chi connectivity index (χ4n) is 2.31. The number of aromatic nitrogens is 1. The van der Waals surface area contributed by atoms with E-state index in [2.05, 4.69) is 4.98 Å². The van der Waals surface area contributed by atoms with Gasteiger partial charge in [0.2, 0.25) is 0 Å². The molecule has 0 saturated carbocycles. The predicted octanol–water partition coefficient (Wildman–Crippen LogP) is 1.48. The maximum Gasteiger partial charge on any atom is 0.153 e. The minimum Gasteiger partial charge on any atom is -0.542 e. The number of thiazole rings is 1. The van der Waals surface area contributed by atoms with Gasteiger partial charge in [0, 0.05) is 22.4 Å². The molecule has 0 aromatic carbocycles. The average molecular weight is 248 g/mol. The van der Waals surface area contributed by atoms with E-state index in [0.29, 0.717) is 5.56 Å². The van der Waals surface area contributed by atoms with E-state index < -0.39 is 5.97 Å². The second-order valence-corrected chi connectivity index (χ2v) is 5.43. The third kappa shape index (κ3) is 1.42. The molecule has 1 aliphatic rings. The van der Waals surface area contributed by atoms with Gasteiger partial charge in [0.15, 0.2) is 5.76 Å². The molecule has 1 aliphatic carbocycles. The quantitative estimate of drug-likeness (QED) is 0.766. The van der Waals surface area contributed by atoms with Crippen LogP contribution in [0.25, 0.3) is 11.3 Å². The molecule has 2 aromatic heterocycles. The largest absolute Gasteiger partial charge is 0.542 e. The molecule has 0 fully saturated rings. The van der Waals surface area contributed by atoms with Gasteiger partial charge in [-0.1, -0.05) is 0 Å². The van der Waals surface area contributed by atoms with Crippen molar-refractivity contribution in [3.63, 3.8) is 0 Å². The van der Waals surface area contributed by atoms with E-state index in [9.17, 15) is 9.90 Å². The van der Waals surface area contributed by atoms with Gasteiger partial charge in [-0.2, -0.15) is 0 Å². The van der Waals surface area contributed by atoms with Gasteiger partial charge in [0.25, 0.3) is 0 Å². The number of fused-ring (bicyclic) bond motifs is 3. The highest BCUT2D eigenvalue weighted by molar-refractivity contribution is 7.12. The number of nitrogens with zero attached hydrogens (tertiary/aromatic N) is 1. The highest BCUT2D eigenvalue weighted by Crippen LogP contribution is 2.40. The molecule has 88 valence electrons. The van der Waals surface area contributed by atoms with Crippen LogP contribution in [0.2, 0.25) is 0 Å². The summed E-state index contributed by atoms with van der Waals surface area (Å²) < 4.78 is 5.37. The molecule has 0 atom stereocenters. The van der Waals surface area contributed by atoms with Crippen LogP contribution in [-0.2, 0) is 12.8 Å². The van der Waals surface area contributed by atoms with Gasteiger partial charge in [-0.25, -0.2) is 4.98 Å². The molecular weight excluding hydrogens is 238 g/mol. The van der Waals surface area contributed by atoms with Crippen molar-refractivity contribution in [2.75, 3.05) is 0 Å². The summed E-state index contributed by atoms with van der Waals surface area (Å²) >= 11 is 1.66. The Morgan fingerprint density at radius 3 is 2.88 bits per heavy atom. The number of aromatic carboxylic acids is 1. The van der Waals surface area contributed by atoms with Crippen molar-refractivity contribution in [2.45, 2.75) is 26.7 Å². The average Bonchev–Trinajstić information content (AvgIpc) is 2.78. The van der Waals surface area contributed by atoms with Crippen molar-refractivity contribution < 1.29 is 14.3 Å². The first-order valence-corrected chi connectivity index (χ1v) is 6.20. The number of carbonyl (C=O) groups excluding carboxylic acids is 1. The Balaban J connectivity index is 2.27. The van der Waals surface area contributed by atoms with Crippen LogP contribution in [-0.4, -0.2) is 11.0 Å². The molecule has 2 aromatic rings. The molecule has 0 bridgehead atoms. The first-order chi connectivity index (χ1) is 8.08. The number of rotatable bonds is 1. The number of carbonyl (C=O) groups is 1. The molecule has 0 N–H and O–H groups in total. The van der Waals surface area contributed by atoms with E-state index in [0.717, 1.165) is 34.9 Å². The molecule has 2 heterocycles. The lowest BCUT2D eigenvalue weighted by Crippen LogP contribution is -2.22. The summed E-state index contributed by atoms with van der Waals surface area (Å²) in [5, 5.41) is 11.9. The first-order valence-electron chi connectivity index (χ1n) is 5.38. The number of carboxylic acids is 1. The Bertz CT molecular complexity index is 624. The van der Waals surface area contributed by atoms with Crippen LogP contribution in [0.4, 0.5) is 0 Å². The van der Waals surface area contributed by atoms with Crippen LogP contribution in [0.15, 0.2) is 4.42 Å². The van der Waals surface area contributed by atoms with E-state index in [-0.39, 0.29) is 5.76 Å². The minimum absolute atomic E-state index is 0.0616. The summed E-state index contributed by atoms with van der Waals surface area (Å²) in [6.07, 6.45) is 1.60. The molecule has 3 rings (SSSR count). The van der Waals surface area contributed by atoms with Gasteiger partial charge in [-0.05, 0) is 20.3 Å². The molecular formula is C12H10NO3S-. The fourth-order valence-corrected chi connectivity index (χ4v) is 3.26. The second-order valence-electron chi connectivity index (χ2n) is 4.15. The molecule has 4 nitrogen and oxygen atoms in total. The molecule has 5 heteroatoms. The topological polar surface area (TPSA) is 66.2 Å². The SMILES string of the molecule is Cc1nc2c(s1)CCc1oc(C(=O)[O-])c(C)c1-2. The summed E-state index contributed by atoms with van der Waals surface area (Å²) in [4.78, 5) is 16.6. The van der Waals surface area contributed by atoms with Crippen molar-refractivity contribution in [3.8, 4) is 11.3 Å². The van der Waals surface area contributed by atoms with Gasteiger partial charge in [-0.15, -0.1) is 11.3 Å². The van der Waals surface area contributed by atoms with E-state index in [4.69, 9.17) is 4.42 Å². The highest BCUT2D eigenvalue weighted by Gasteiger charge is 2.27. The Morgan fingerprint density at radius 2 is 2.18 bits per heavy atom. The van der Waals surface area contributed by atoms with Gasteiger partial charge in [-0.3, -0.25) is 0 Å². The molecule has 0 unspecified atom stereocenters. The molecule has 0 amide bonds. The normalized spacial score (nSPS) is 13.3. The van der Waals surface area contributed by atoms with Crippen molar-refractivity contribution in [1.82, 2.24) is 4.98 Å². The van der Waals surface area contributed by atoms with Crippen molar-refractivity contribution in [3.05, 3.63) is 27.0 Å². The molecule has 0 saturated heterocycles. The van der Waals surface area contributed by atoms with Crippen molar-refractivity contribution in [2.24, 2.45) is 0 Å². The second kappa shape index (κ2) is 3.43. The number of aryl methyl sites for hydroxylation is 3. The van der Waals surface area contributed by atoms with Crippen molar-refractivity contribution >= 4 is 17.3 Å². The summed E-state index contributed by atoms with van der Waals surface area (Å²) in [6, 6.07) is 0. The standard InChI is InChI=1S/C12H11NO3S/c1-5-9-7(16-11(5)12(14)15)3-4-8-10(9)13-6(2)17-8/h3-4H2,1-2H3,(H,14,15)/p-1. The van der Waals surface area contributed by atoms with Crippen LogP contribution in [0.3, 0.4) is 0 Å². The van der Waals surface area contributed by atoms with Crippen LogP contribution >= 0.6 is 11.3 Å². The Kier molecular flexibility index (Phi) is 2.13. The Labute approximate surface area is 102 Å². The van der Waals surface area contributed by atoms with Gasteiger partial charge in [0.1, 0.15) is 11.7 Å². The smallest absolute Gasteiger partial charge is 0.153 e. The van der Waals surface area contributed by atoms with Gasteiger partial charge >= 0.3 is 0 Å². The number of hydrogen-bond acceptors (Lipinski definition) is 5. The summed E-state index contributed by atoms with van der Waals surface area (Å²) in [5.41, 5.74) is 2.38. The zero-order chi connectivity index (χ0) is 12.2. The zero-order valence-corrected chi connectivity index (χ0v) is 10.3. The molecule has 0 aliphatic heterocycles. The van der Waals surface area contributed by atoms with Crippen molar-refractivity contribution in [1.29, 1.82) is 0 Å². The highest BCUT2D eigenvalue weighted by atomic mass is 32.1. The first kappa shape index (κ1) is 10.5. The maximum absolute atomic E-state index is 10.9. The third-order valence-corrected chi connectivity index (χ3v) is 4.06. The Morgan fingerprint density at radius 1 is 1.41 bits per heavy atom. The summed E-state index contributed by atoms with van der Waals surface area (Å²) in [7, 11) is 0. The summed E-state index contributed by atoms with van der Waals surface area (Å²) in [6.45, 7) is 3.70. The van der Waals surface area contributed by atoms with E-state index >= 15 is 0 Å². The minimum atomic E-state index is -1.26. The van der Waals surface area contributed by atoms with E-state index in [1.165, 1.54) is 4.88 Å². The fraction of sp³-hybridized carbons (Fsp3) is 0.333. The lowest BCUT2D eigenvalue weighted by Gasteiger charge is -2.09. The van der Waals surface area contributed by atoms with Crippen LogP contribution in [0.5, 0.6) is 0 Å². The molecule has 0 radical (unpaired) electrons. The Hall–Kier alpha value is -1.62. The predicted molar refractivity (Wildman–Crippen MR) is 61.0 cm³/mol. The lowest BCUT2D eigenvalue weighted by atomic mass is 9.97. The third-order valence-electron chi connectivity index (χ3n) is 3.03. The van der Waals surface area contributed by atoms with Gasteiger partial charge in [0.05, 0.1) is 10.7 Å². The molecule has 0 spiro atoms. The number of hydrogen-bond donors (Lipinski definition) is 0.